The molecular formula is C11H13F3N2. The fourth-order valence-corrected chi connectivity index (χ4v) is 1.98. The normalized spacial score (nSPS) is 19.4. The summed E-state index contributed by atoms with van der Waals surface area (Å²) < 4.78 is 37.4. The second kappa shape index (κ2) is 3.97. The summed E-state index contributed by atoms with van der Waals surface area (Å²) in [4.78, 5) is 0. The highest BCUT2D eigenvalue weighted by Crippen LogP contribution is 2.35. The molecule has 16 heavy (non-hydrogen) atoms. The zero-order valence-electron chi connectivity index (χ0n) is 8.64. The molecule has 0 saturated heterocycles. The number of fused-ring (bicyclic) bond motifs is 1. The highest BCUT2D eigenvalue weighted by atomic mass is 19.4. The summed E-state index contributed by atoms with van der Waals surface area (Å²) in [5.74, 6) is 0. The Balaban J connectivity index is 2.21. The van der Waals surface area contributed by atoms with Gasteiger partial charge in [0.25, 0.3) is 0 Å². The lowest BCUT2D eigenvalue weighted by Crippen LogP contribution is -2.19. The molecule has 1 unspecified atom stereocenters. The summed E-state index contributed by atoms with van der Waals surface area (Å²) >= 11 is 0. The summed E-state index contributed by atoms with van der Waals surface area (Å²) in [7, 11) is 0. The maximum atomic E-state index is 12.5. The van der Waals surface area contributed by atoms with Crippen molar-refractivity contribution in [3.8, 4) is 0 Å². The zero-order chi connectivity index (χ0) is 11.8. The van der Waals surface area contributed by atoms with E-state index in [-0.39, 0.29) is 6.04 Å². The summed E-state index contributed by atoms with van der Waals surface area (Å²) in [5, 5.41) is 3.07. The molecule has 1 atom stereocenters. The Labute approximate surface area is 91.6 Å². The van der Waals surface area contributed by atoms with Crippen LogP contribution < -0.4 is 11.1 Å². The van der Waals surface area contributed by atoms with Crippen molar-refractivity contribution in [3.05, 3.63) is 29.3 Å². The zero-order valence-corrected chi connectivity index (χ0v) is 8.64. The molecule has 3 N–H and O–H groups in total. The third-order valence-corrected chi connectivity index (χ3v) is 2.78. The lowest BCUT2D eigenvalue weighted by molar-refractivity contribution is -0.137. The van der Waals surface area contributed by atoms with Crippen LogP contribution in [-0.2, 0) is 12.6 Å². The van der Waals surface area contributed by atoms with E-state index in [1.807, 2.05) is 0 Å². The standard InChI is InChI=1S/C11H13F3N2/c12-11(13,14)8-2-1-7-5-9(3-4-15)16-10(7)6-8/h1-2,6,9,16H,3-5,15H2. The molecule has 1 aliphatic heterocycles. The van der Waals surface area contributed by atoms with Crippen LogP contribution in [0.2, 0.25) is 0 Å². The van der Waals surface area contributed by atoms with Gasteiger partial charge < -0.3 is 11.1 Å². The first kappa shape index (κ1) is 11.3. The topological polar surface area (TPSA) is 38.0 Å². The number of alkyl halides is 3. The molecule has 5 heteroatoms. The van der Waals surface area contributed by atoms with E-state index in [2.05, 4.69) is 5.32 Å². The fraction of sp³-hybridized carbons (Fsp3) is 0.455. The van der Waals surface area contributed by atoms with E-state index in [1.54, 1.807) is 6.07 Å². The fourth-order valence-electron chi connectivity index (χ4n) is 1.98. The van der Waals surface area contributed by atoms with E-state index in [0.29, 0.717) is 12.2 Å². The van der Waals surface area contributed by atoms with Crippen molar-refractivity contribution < 1.29 is 13.2 Å². The van der Waals surface area contributed by atoms with Crippen molar-refractivity contribution >= 4 is 5.69 Å². The van der Waals surface area contributed by atoms with Gasteiger partial charge in [0.15, 0.2) is 0 Å². The molecule has 0 fully saturated rings. The molecule has 1 aliphatic rings. The maximum absolute atomic E-state index is 12.5. The van der Waals surface area contributed by atoms with Gasteiger partial charge in [0.2, 0.25) is 0 Å². The van der Waals surface area contributed by atoms with Gasteiger partial charge in [-0.15, -0.1) is 0 Å². The Hall–Kier alpha value is -1.23. The Bertz CT molecular complexity index is 387. The molecule has 0 bridgehead atoms. The lowest BCUT2D eigenvalue weighted by Gasteiger charge is -2.10. The first-order valence-corrected chi connectivity index (χ1v) is 5.17. The Morgan fingerprint density at radius 1 is 1.38 bits per heavy atom. The predicted octanol–water partition coefficient (Wildman–Crippen LogP) is 2.39. The SMILES string of the molecule is NCCC1Cc2ccc(C(F)(F)F)cc2N1. The van der Waals surface area contributed by atoms with Crippen LogP contribution in [0.15, 0.2) is 18.2 Å². The molecule has 2 nitrogen and oxygen atoms in total. The number of rotatable bonds is 2. The van der Waals surface area contributed by atoms with Crippen LogP contribution in [0.4, 0.5) is 18.9 Å². The average Bonchev–Trinajstić information content (AvgIpc) is 2.57. The minimum atomic E-state index is -4.28. The van der Waals surface area contributed by atoms with Crippen LogP contribution in [0.1, 0.15) is 17.5 Å². The Kier molecular flexibility index (Phi) is 2.80. The second-order valence-corrected chi connectivity index (χ2v) is 3.99. The number of hydrogen-bond acceptors (Lipinski definition) is 2. The van der Waals surface area contributed by atoms with Gasteiger partial charge in [0, 0.05) is 11.7 Å². The predicted molar refractivity (Wildman–Crippen MR) is 56.2 cm³/mol. The smallest absolute Gasteiger partial charge is 0.382 e. The molecule has 1 aromatic carbocycles. The summed E-state index contributed by atoms with van der Waals surface area (Å²) in [6.45, 7) is 0.539. The van der Waals surface area contributed by atoms with Gasteiger partial charge >= 0.3 is 6.18 Å². The van der Waals surface area contributed by atoms with Crippen LogP contribution in [0.3, 0.4) is 0 Å². The third-order valence-electron chi connectivity index (χ3n) is 2.78. The quantitative estimate of drug-likeness (QED) is 0.818. The molecular weight excluding hydrogens is 217 g/mol. The summed E-state index contributed by atoms with van der Waals surface area (Å²) in [6, 6.07) is 4.02. The molecule has 1 heterocycles. The molecule has 0 radical (unpaired) electrons. The minimum absolute atomic E-state index is 0.170. The number of benzene rings is 1. The number of halogens is 3. The van der Waals surface area contributed by atoms with Crippen molar-refractivity contribution in [1.29, 1.82) is 0 Å². The van der Waals surface area contributed by atoms with Gasteiger partial charge in [-0.05, 0) is 37.1 Å². The van der Waals surface area contributed by atoms with Crippen LogP contribution in [0.5, 0.6) is 0 Å². The number of nitrogens with one attached hydrogen (secondary N) is 1. The number of hydrogen-bond donors (Lipinski definition) is 2. The largest absolute Gasteiger partial charge is 0.416 e. The van der Waals surface area contributed by atoms with Gasteiger partial charge in [-0.25, -0.2) is 0 Å². The van der Waals surface area contributed by atoms with Gasteiger partial charge in [0.05, 0.1) is 5.56 Å². The first-order chi connectivity index (χ1) is 7.50. The highest BCUT2D eigenvalue weighted by molar-refractivity contribution is 5.58. The second-order valence-electron chi connectivity index (χ2n) is 3.99. The maximum Gasteiger partial charge on any atom is 0.416 e. The van der Waals surface area contributed by atoms with Crippen molar-refractivity contribution in [2.45, 2.75) is 25.1 Å². The van der Waals surface area contributed by atoms with E-state index < -0.39 is 11.7 Å². The van der Waals surface area contributed by atoms with E-state index >= 15 is 0 Å². The van der Waals surface area contributed by atoms with E-state index in [1.165, 1.54) is 6.07 Å². The van der Waals surface area contributed by atoms with Gasteiger partial charge in [0.1, 0.15) is 0 Å². The van der Waals surface area contributed by atoms with Crippen LogP contribution in [0, 0.1) is 0 Å². The molecule has 0 amide bonds. The van der Waals surface area contributed by atoms with Gasteiger partial charge in [-0.1, -0.05) is 6.07 Å². The first-order valence-electron chi connectivity index (χ1n) is 5.17. The number of nitrogens with two attached hydrogens (primary N) is 1. The minimum Gasteiger partial charge on any atom is -0.382 e. The lowest BCUT2D eigenvalue weighted by atomic mass is 10.1. The van der Waals surface area contributed by atoms with Crippen LogP contribution >= 0.6 is 0 Å². The van der Waals surface area contributed by atoms with E-state index in [9.17, 15) is 13.2 Å². The molecule has 88 valence electrons. The molecule has 0 aliphatic carbocycles. The Morgan fingerprint density at radius 3 is 2.75 bits per heavy atom. The monoisotopic (exact) mass is 230 g/mol. The van der Waals surface area contributed by atoms with Crippen LogP contribution in [0.25, 0.3) is 0 Å². The molecule has 0 aromatic heterocycles. The molecule has 0 saturated carbocycles. The molecule has 2 rings (SSSR count). The average molecular weight is 230 g/mol. The molecule has 0 spiro atoms. The molecule has 1 aromatic rings. The van der Waals surface area contributed by atoms with Gasteiger partial charge in [-0.3, -0.25) is 0 Å². The van der Waals surface area contributed by atoms with Crippen molar-refractivity contribution in [1.82, 2.24) is 0 Å². The van der Waals surface area contributed by atoms with E-state index in [0.717, 1.165) is 24.5 Å². The number of anilines is 1. The third kappa shape index (κ3) is 2.14. The van der Waals surface area contributed by atoms with Crippen molar-refractivity contribution in [3.63, 3.8) is 0 Å². The summed E-state index contributed by atoms with van der Waals surface area (Å²) in [6.07, 6.45) is -2.75. The van der Waals surface area contributed by atoms with Crippen molar-refractivity contribution in [2.75, 3.05) is 11.9 Å². The summed E-state index contributed by atoms with van der Waals surface area (Å²) in [5.41, 5.74) is 6.35. The highest BCUT2D eigenvalue weighted by Gasteiger charge is 2.32. The van der Waals surface area contributed by atoms with E-state index in [4.69, 9.17) is 5.73 Å². The van der Waals surface area contributed by atoms with Crippen molar-refractivity contribution in [2.24, 2.45) is 5.73 Å². The van der Waals surface area contributed by atoms with Gasteiger partial charge in [-0.2, -0.15) is 13.2 Å². The Morgan fingerprint density at radius 2 is 2.12 bits per heavy atom. The van der Waals surface area contributed by atoms with Crippen LogP contribution in [-0.4, -0.2) is 12.6 Å².